The van der Waals surface area contributed by atoms with E-state index in [9.17, 15) is 0 Å². The molecule has 0 aliphatic heterocycles. The molecule has 2 aromatic rings. The normalized spacial score (nSPS) is 31.8. The van der Waals surface area contributed by atoms with Crippen molar-refractivity contribution in [3.63, 3.8) is 0 Å². The Hall–Kier alpha value is -1.82. The van der Waals surface area contributed by atoms with E-state index in [0.717, 1.165) is 29.6 Å². The van der Waals surface area contributed by atoms with Gasteiger partial charge in [0.15, 0.2) is 0 Å². The first-order valence-electron chi connectivity index (χ1n) is 12.2. The molecule has 0 atom stereocenters. The van der Waals surface area contributed by atoms with Crippen molar-refractivity contribution in [3.8, 4) is 11.1 Å². The van der Waals surface area contributed by atoms with Gasteiger partial charge in [-0.05, 0) is 109 Å². The third-order valence-electron chi connectivity index (χ3n) is 8.69. The summed E-state index contributed by atoms with van der Waals surface area (Å²) in [5, 5.41) is 0. The minimum absolute atomic E-state index is 0.986. The van der Waals surface area contributed by atoms with Crippen LogP contribution in [0.25, 0.3) is 17.2 Å². The third-order valence-corrected chi connectivity index (χ3v) is 8.69. The summed E-state index contributed by atoms with van der Waals surface area (Å²) < 4.78 is 0. The lowest BCUT2D eigenvalue weighted by molar-refractivity contribution is -0.0360. The topological polar surface area (TPSA) is 0 Å². The molecule has 0 aromatic heterocycles. The first-order valence-corrected chi connectivity index (χ1v) is 12.2. The van der Waals surface area contributed by atoms with E-state index in [1.807, 2.05) is 0 Å². The predicted octanol–water partition coefficient (Wildman–Crippen LogP) is 7.71. The summed E-state index contributed by atoms with van der Waals surface area (Å²) >= 11 is 0. The highest BCUT2D eigenvalue weighted by atomic mass is 14.5. The van der Waals surface area contributed by atoms with Crippen LogP contribution in [-0.2, 0) is 12.8 Å². The number of hydrogen-bond donors (Lipinski definition) is 0. The maximum absolute atomic E-state index is 2.58. The van der Waals surface area contributed by atoms with Crippen molar-refractivity contribution in [2.45, 2.75) is 64.7 Å². The van der Waals surface area contributed by atoms with Crippen molar-refractivity contribution in [2.75, 3.05) is 0 Å². The average Bonchev–Trinajstić information content (AvgIpc) is 3.14. The largest absolute Gasteiger partial charge is 0.0651 e. The van der Waals surface area contributed by atoms with Crippen molar-refractivity contribution in [1.29, 1.82) is 0 Å². The maximum atomic E-state index is 2.58. The van der Waals surface area contributed by atoms with Crippen LogP contribution in [0, 0.1) is 29.6 Å². The monoisotopic (exact) mass is 382 g/mol. The van der Waals surface area contributed by atoms with Gasteiger partial charge in [0.2, 0.25) is 0 Å². The lowest BCUT2D eigenvalue weighted by Crippen LogP contribution is -2.45. The van der Waals surface area contributed by atoms with Crippen LogP contribution >= 0.6 is 0 Å². The van der Waals surface area contributed by atoms with Crippen LogP contribution in [0.15, 0.2) is 48.0 Å². The molecule has 4 bridgehead atoms. The standard InChI is InChI=1S/C29H34/c1-2-4-19-7-9-23(10-8-19)27-6-3-5-24-12-22(18-29(24)27)17-28-25-13-20-11-21(15-25)16-26(28)14-20/h3,5-10,18,20-21,25-26,28H,2,4,11-17H2,1H3. The molecule has 29 heavy (non-hydrogen) atoms. The molecule has 5 aliphatic carbocycles. The highest BCUT2D eigenvalue weighted by Crippen LogP contribution is 2.58. The molecule has 4 fully saturated rings. The molecule has 2 aromatic carbocycles. The van der Waals surface area contributed by atoms with Gasteiger partial charge in [-0.1, -0.05) is 67.5 Å². The Labute approximate surface area is 176 Å². The molecule has 0 heteroatoms. The van der Waals surface area contributed by atoms with Crippen molar-refractivity contribution in [2.24, 2.45) is 29.6 Å². The zero-order valence-electron chi connectivity index (χ0n) is 17.9. The summed E-state index contributed by atoms with van der Waals surface area (Å²) in [6, 6.07) is 16.3. The molecular weight excluding hydrogens is 348 g/mol. The molecule has 0 unspecified atom stereocenters. The van der Waals surface area contributed by atoms with Crippen LogP contribution in [0.3, 0.4) is 0 Å². The summed E-state index contributed by atoms with van der Waals surface area (Å²) in [4.78, 5) is 0. The zero-order chi connectivity index (χ0) is 19.4. The predicted molar refractivity (Wildman–Crippen MR) is 123 cm³/mol. The highest BCUT2D eigenvalue weighted by molar-refractivity contribution is 5.80. The van der Waals surface area contributed by atoms with Crippen molar-refractivity contribution >= 4 is 6.08 Å². The summed E-state index contributed by atoms with van der Waals surface area (Å²) in [7, 11) is 0. The third kappa shape index (κ3) is 3.20. The molecule has 150 valence electrons. The van der Waals surface area contributed by atoms with Gasteiger partial charge in [-0.15, -0.1) is 0 Å². The quantitative estimate of drug-likeness (QED) is 0.497. The van der Waals surface area contributed by atoms with Gasteiger partial charge in [0.05, 0.1) is 0 Å². The smallest absolute Gasteiger partial charge is 0.00575 e. The Balaban J connectivity index is 1.25. The SMILES string of the molecule is CCCc1ccc(-c2cccc3c2C=C(CC2C4CC5CC(C4)CC2C5)C3)cc1. The van der Waals surface area contributed by atoms with Crippen LogP contribution in [-0.4, -0.2) is 0 Å². The van der Waals surface area contributed by atoms with Gasteiger partial charge in [0.1, 0.15) is 0 Å². The molecule has 4 saturated carbocycles. The van der Waals surface area contributed by atoms with E-state index in [0.29, 0.717) is 0 Å². The highest BCUT2D eigenvalue weighted by Gasteiger charge is 2.48. The fraction of sp³-hybridized carbons (Fsp3) is 0.517. The van der Waals surface area contributed by atoms with Crippen LogP contribution in [0.1, 0.15) is 68.6 Å². The number of aryl methyl sites for hydroxylation is 1. The fourth-order valence-electron chi connectivity index (χ4n) is 7.63. The summed E-state index contributed by atoms with van der Waals surface area (Å²) in [5.41, 5.74) is 9.06. The summed E-state index contributed by atoms with van der Waals surface area (Å²) in [6.45, 7) is 2.26. The lowest BCUT2D eigenvalue weighted by Gasteiger charge is -2.54. The van der Waals surface area contributed by atoms with Gasteiger partial charge in [0.25, 0.3) is 0 Å². The molecule has 0 nitrogen and oxygen atoms in total. The second-order valence-electron chi connectivity index (χ2n) is 10.6. The molecule has 5 aliphatic rings. The number of rotatable bonds is 5. The molecular formula is C29H34. The number of allylic oxidation sites excluding steroid dienone is 1. The minimum Gasteiger partial charge on any atom is -0.0651 e. The average molecular weight is 383 g/mol. The zero-order valence-corrected chi connectivity index (χ0v) is 17.9. The van der Waals surface area contributed by atoms with E-state index < -0.39 is 0 Å². The first kappa shape index (κ1) is 18.0. The van der Waals surface area contributed by atoms with Gasteiger partial charge in [0, 0.05) is 0 Å². The maximum Gasteiger partial charge on any atom is -0.00575 e. The Morgan fingerprint density at radius 1 is 0.828 bits per heavy atom. The molecule has 0 N–H and O–H groups in total. The molecule has 0 amide bonds. The Kier molecular flexibility index (Phi) is 4.44. The van der Waals surface area contributed by atoms with E-state index in [4.69, 9.17) is 0 Å². The Morgan fingerprint density at radius 2 is 1.55 bits per heavy atom. The van der Waals surface area contributed by atoms with Crippen LogP contribution in [0.4, 0.5) is 0 Å². The molecule has 0 radical (unpaired) electrons. The van der Waals surface area contributed by atoms with Crippen molar-refractivity contribution < 1.29 is 0 Å². The van der Waals surface area contributed by atoms with Gasteiger partial charge < -0.3 is 0 Å². The molecule has 0 heterocycles. The van der Waals surface area contributed by atoms with E-state index in [1.54, 1.807) is 43.2 Å². The van der Waals surface area contributed by atoms with E-state index in [2.05, 4.69) is 55.5 Å². The van der Waals surface area contributed by atoms with Crippen molar-refractivity contribution in [1.82, 2.24) is 0 Å². The number of benzene rings is 2. The number of hydrogen-bond acceptors (Lipinski definition) is 0. The lowest BCUT2D eigenvalue weighted by atomic mass is 9.51. The van der Waals surface area contributed by atoms with E-state index in [1.165, 1.54) is 47.9 Å². The minimum atomic E-state index is 0.986. The van der Waals surface area contributed by atoms with Gasteiger partial charge in [-0.3, -0.25) is 0 Å². The molecule has 7 rings (SSSR count). The van der Waals surface area contributed by atoms with Gasteiger partial charge >= 0.3 is 0 Å². The summed E-state index contributed by atoms with van der Waals surface area (Å²) in [6.07, 6.45) is 15.3. The Morgan fingerprint density at radius 3 is 2.24 bits per heavy atom. The van der Waals surface area contributed by atoms with Crippen molar-refractivity contribution in [3.05, 3.63) is 64.7 Å². The van der Waals surface area contributed by atoms with E-state index in [-0.39, 0.29) is 0 Å². The second-order valence-corrected chi connectivity index (χ2v) is 10.6. The molecule has 0 saturated heterocycles. The van der Waals surface area contributed by atoms with E-state index >= 15 is 0 Å². The second kappa shape index (κ2) is 7.15. The van der Waals surface area contributed by atoms with Gasteiger partial charge in [-0.2, -0.15) is 0 Å². The van der Waals surface area contributed by atoms with Crippen LogP contribution < -0.4 is 0 Å². The summed E-state index contributed by atoms with van der Waals surface area (Å²) in [5.74, 6) is 5.25. The fourth-order valence-corrected chi connectivity index (χ4v) is 7.63. The first-order chi connectivity index (χ1) is 14.3. The number of fused-ring (bicyclic) bond motifs is 1. The Bertz CT molecular complexity index is 901. The molecule has 0 spiro atoms. The van der Waals surface area contributed by atoms with Crippen LogP contribution in [0.5, 0.6) is 0 Å². The van der Waals surface area contributed by atoms with Gasteiger partial charge in [-0.25, -0.2) is 0 Å². The van der Waals surface area contributed by atoms with Crippen LogP contribution in [0.2, 0.25) is 0 Å².